The number of rotatable bonds is 7. The van der Waals surface area contributed by atoms with Gasteiger partial charge in [0, 0.05) is 10.6 Å². The van der Waals surface area contributed by atoms with E-state index in [4.69, 9.17) is 44.3 Å². The SMILES string of the molecule is CCCOc1c(Cl)cc(C(=O)Nc2cc(Cl)ccc2Cl)cc1OCC. The van der Waals surface area contributed by atoms with Crippen molar-refractivity contribution >= 4 is 46.4 Å². The summed E-state index contributed by atoms with van der Waals surface area (Å²) in [4.78, 5) is 12.5. The molecular weight excluding hydrogens is 385 g/mol. The Balaban J connectivity index is 2.31. The summed E-state index contributed by atoms with van der Waals surface area (Å²) in [5, 5.41) is 3.88. The summed E-state index contributed by atoms with van der Waals surface area (Å²) in [6.45, 7) is 4.76. The number of amides is 1. The predicted octanol–water partition coefficient (Wildman–Crippen LogP) is 6.09. The van der Waals surface area contributed by atoms with E-state index in [9.17, 15) is 4.79 Å². The second-order valence-corrected chi connectivity index (χ2v) is 6.40. The fourth-order valence-electron chi connectivity index (χ4n) is 2.09. The Morgan fingerprint density at radius 3 is 2.48 bits per heavy atom. The van der Waals surface area contributed by atoms with Gasteiger partial charge in [0.2, 0.25) is 0 Å². The summed E-state index contributed by atoms with van der Waals surface area (Å²) in [5.74, 6) is 0.475. The highest BCUT2D eigenvalue weighted by Gasteiger charge is 2.17. The highest BCUT2D eigenvalue weighted by atomic mass is 35.5. The monoisotopic (exact) mass is 401 g/mol. The molecule has 1 N–H and O–H groups in total. The molecule has 2 aromatic carbocycles. The first kappa shape index (κ1) is 19.7. The van der Waals surface area contributed by atoms with Crippen LogP contribution in [0.3, 0.4) is 0 Å². The Bertz CT molecular complexity index is 765. The van der Waals surface area contributed by atoms with Gasteiger partial charge in [0.25, 0.3) is 5.91 Å². The van der Waals surface area contributed by atoms with Crippen LogP contribution < -0.4 is 14.8 Å². The van der Waals surface area contributed by atoms with Crippen molar-refractivity contribution in [2.45, 2.75) is 20.3 Å². The Labute approximate surface area is 162 Å². The molecule has 0 aliphatic carbocycles. The van der Waals surface area contributed by atoms with Crippen LogP contribution in [-0.2, 0) is 0 Å². The molecule has 0 spiro atoms. The zero-order chi connectivity index (χ0) is 18.4. The van der Waals surface area contributed by atoms with Gasteiger partial charge in [-0.05, 0) is 43.7 Å². The molecule has 25 heavy (non-hydrogen) atoms. The van der Waals surface area contributed by atoms with Crippen LogP contribution in [0.1, 0.15) is 30.6 Å². The molecule has 0 unspecified atom stereocenters. The largest absolute Gasteiger partial charge is 0.490 e. The van der Waals surface area contributed by atoms with Crippen LogP contribution in [0.15, 0.2) is 30.3 Å². The van der Waals surface area contributed by atoms with Crippen molar-refractivity contribution in [3.05, 3.63) is 51.0 Å². The number of carbonyl (C=O) groups excluding carboxylic acids is 1. The molecule has 134 valence electrons. The molecule has 0 heterocycles. The Morgan fingerprint density at radius 1 is 1.04 bits per heavy atom. The van der Waals surface area contributed by atoms with E-state index < -0.39 is 0 Å². The van der Waals surface area contributed by atoms with Crippen molar-refractivity contribution in [3.8, 4) is 11.5 Å². The minimum Gasteiger partial charge on any atom is -0.490 e. The molecule has 0 atom stereocenters. The van der Waals surface area contributed by atoms with Crippen molar-refractivity contribution in [2.24, 2.45) is 0 Å². The zero-order valence-electron chi connectivity index (χ0n) is 13.9. The van der Waals surface area contributed by atoms with E-state index in [2.05, 4.69) is 5.32 Å². The van der Waals surface area contributed by atoms with E-state index in [0.29, 0.717) is 51.0 Å². The van der Waals surface area contributed by atoms with E-state index in [1.807, 2.05) is 13.8 Å². The van der Waals surface area contributed by atoms with Gasteiger partial charge in [0.15, 0.2) is 11.5 Å². The average molecular weight is 403 g/mol. The molecule has 0 aliphatic heterocycles. The first-order valence-corrected chi connectivity index (χ1v) is 8.95. The van der Waals surface area contributed by atoms with E-state index in [1.165, 1.54) is 6.07 Å². The topological polar surface area (TPSA) is 47.6 Å². The number of benzene rings is 2. The maximum absolute atomic E-state index is 12.5. The van der Waals surface area contributed by atoms with Crippen LogP contribution in [0.5, 0.6) is 11.5 Å². The van der Waals surface area contributed by atoms with Crippen LogP contribution in [0.25, 0.3) is 0 Å². The Morgan fingerprint density at radius 2 is 1.80 bits per heavy atom. The fraction of sp³-hybridized carbons (Fsp3) is 0.278. The second-order valence-electron chi connectivity index (χ2n) is 5.15. The Hall–Kier alpha value is -1.62. The lowest BCUT2D eigenvalue weighted by Crippen LogP contribution is -2.13. The molecule has 4 nitrogen and oxygen atoms in total. The highest BCUT2D eigenvalue weighted by molar-refractivity contribution is 6.36. The second kappa shape index (κ2) is 9.18. The van der Waals surface area contributed by atoms with Crippen molar-refractivity contribution in [1.82, 2.24) is 0 Å². The van der Waals surface area contributed by atoms with Gasteiger partial charge in [0.05, 0.1) is 28.9 Å². The van der Waals surface area contributed by atoms with Crippen molar-refractivity contribution in [2.75, 3.05) is 18.5 Å². The quantitative estimate of drug-likeness (QED) is 0.610. The van der Waals surface area contributed by atoms with Gasteiger partial charge in [0.1, 0.15) is 0 Å². The highest BCUT2D eigenvalue weighted by Crippen LogP contribution is 2.37. The summed E-state index contributed by atoms with van der Waals surface area (Å²) in [6.07, 6.45) is 0.831. The van der Waals surface area contributed by atoms with Crippen molar-refractivity contribution in [3.63, 3.8) is 0 Å². The number of hydrogen-bond donors (Lipinski definition) is 1. The maximum Gasteiger partial charge on any atom is 0.255 e. The fourth-order valence-corrected chi connectivity index (χ4v) is 2.70. The number of hydrogen-bond acceptors (Lipinski definition) is 3. The minimum absolute atomic E-state index is 0.307. The molecule has 7 heteroatoms. The number of nitrogens with one attached hydrogen (secondary N) is 1. The molecule has 0 aliphatic rings. The van der Waals surface area contributed by atoms with Gasteiger partial charge in [-0.3, -0.25) is 4.79 Å². The molecular formula is C18H18Cl3NO3. The van der Waals surface area contributed by atoms with Crippen LogP contribution in [0.4, 0.5) is 5.69 Å². The van der Waals surface area contributed by atoms with Crippen LogP contribution >= 0.6 is 34.8 Å². The smallest absolute Gasteiger partial charge is 0.255 e. The van der Waals surface area contributed by atoms with Crippen molar-refractivity contribution < 1.29 is 14.3 Å². The zero-order valence-corrected chi connectivity index (χ0v) is 16.1. The van der Waals surface area contributed by atoms with E-state index in [0.717, 1.165) is 6.42 Å². The number of halogens is 3. The maximum atomic E-state index is 12.5. The van der Waals surface area contributed by atoms with E-state index in [1.54, 1.807) is 24.3 Å². The molecule has 2 aromatic rings. The molecule has 1 amide bonds. The lowest BCUT2D eigenvalue weighted by Gasteiger charge is -2.15. The lowest BCUT2D eigenvalue weighted by molar-refractivity contribution is 0.102. The first-order valence-electron chi connectivity index (χ1n) is 7.81. The summed E-state index contributed by atoms with van der Waals surface area (Å²) < 4.78 is 11.2. The van der Waals surface area contributed by atoms with Gasteiger partial charge >= 0.3 is 0 Å². The number of carbonyl (C=O) groups is 1. The van der Waals surface area contributed by atoms with Gasteiger partial charge in [-0.2, -0.15) is 0 Å². The van der Waals surface area contributed by atoms with Gasteiger partial charge in [-0.15, -0.1) is 0 Å². The van der Waals surface area contributed by atoms with Crippen molar-refractivity contribution in [1.29, 1.82) is 0 Å². The summed E-state index contributed by atoms with van der Waals surface area (Å²) in [5.41, 5.74) is 0.743. The molecule has 0 saturated heterocycles. The Kier molecular flexibility index (Phi) is 7.24. The van der Waals surface area contributed by atoms with Crippen LogP contribution in [0, 0.1) is 0 Å². The van der Waals surface area contributed by atoms with E-state index >= 15 is 0 Å². The third-order valence-corrected chi connectivity index (χ3v) is 4.04. The molecule has 0 radical (unpaired) electrons. The normalized spacial score (nSPS) is 10.4. The van der Waals surface area contributed by atoms with E-state index in [-0.39, 0.29) is 5.91 Å². The standard InChI is InChI=1S/C18H18Cl3NO3/c1-3-7-25-17-14(21)8-11(9-16(17)24-4-2)18(23)22-15-10-12(19)5-6-13(15)20/h5-6,8-10H,3-4,7H2,1-2H3,(H,22,23). The molecule has 0 aromatic heterocycles. The first-order chi connectivity index (χ1) is 12.0. The molecule has 2 rings (SSSR count). The molecule has 0 bridgehead atoms. The van der Waals surface area contributed by atoms with Gasteiger partial charge in [-0.25, -0.2) is 0 Å². The van der Waals surface area contributed by atoms with Gasteiger partial charge < -0.3 is 14.8 Å². The van der Waals surface area contributed by atoms with Crippen LogP contribution in [-0.4, -0.2) is 19.1 Å². The number of ether oxygens (including phenoxy) is 2. The summed E-state index contributed by atoms with van der Waals surface area (Å²) in [6, 6.07) is 7.95. The average Bonchev–Trinajstić information content (AvgIpc) is 2.57. The summed E-state index contributed by atoms with van der Waals surface area (Å²) in [7, 11) is 0. The predicted molar refractivity (Wildman–Crippen MR) is 103 cm³/mol. The number of anilines is 1. The lowest BCUT2D eigenvalue weighted by atomic mass is 10.1. The third-order valence-electron chi connectivity index (χ3n) is 3.20. The van der Waals surface area contributed by atoms with Gasteiger partial charge in [-0.1, -0.05) is 41.7 Å². The summed E-state index contributed by atoms with van der Waals surface area (Å²) >= 11 is 18.3. The molecule has 0 saturated carbocycles. The molecule has 0 fully saturated rings. The third kappa shape index (κ3) is 5.18. The minimum atomic E-state index is -0.380. The van der Waals surface area contributed by atoms with Crippen LogP contribution in [0.2, 0.25) is 15.1 Å².